The van der Waals surface area contributed by atoms with Gasteiger partial charge in [-0.05, 0) is 12.1 Å². The van der Waals surface area contributed by atoms with E-state index in [9.17, 15) is 9.59 Å². The van der Waals surface area contributed by atoms with Gasteiger partial charge in [0.15, 0.2) is 0 Å². The lowest BCUT2D eigenvalue weighted by molar-refractivity contribution is -0.134. The van der Waals surface area contributed by atoms with Crippen LogP contribution in [0.1, 0.15) is 25.8 Å². The molecule has 7 heteroatoms. The smallest absolute Gasteiger partial charge is 0.229 e. The van der Waals surface area contributed by atoms with E-state index in [1.807, 2.05) is 55.3 Å². The molecular weight excluding hydrogens is 362 g/mol. The Morgan fingerprint density at radius 2 is 1.85 bits per heavy atom. The van der Waals surface area contributed by atoms with E-state index in [1.54, 1.807) is 0 Å². The zero-order chi connectivity index (χ0) is 19.4. The van der Waals surface area contributed by atoms with Crippen molar-refractivity contribution in [1.29, 1.82) is 0 Å². The van der Waals surface area contributed by atoms with Gasteiger partial charge in [-0.3, -0.25) is 9.59 Å². The van der Waals surface area contributed by atoms with Crippen molar-refractivity contribution in [2.75, 3.05) is 31.6 Å². The monoisotopic (exact) mass is 387 g/mol. The van der Waals surface area contributed by atoms with Crippen molar-refractivity contribution < 1.29 is 14.3 Å². The van der Waals surface area contributed by atoms with E-state index in [0.717, 1.165) is 22.0 Å². The number of amides is 2. The second-order valence-corrected chi connectivity index (χ2v) is 8.52. The number of nitrogens with one attached hydrogen (secondary N) is 1. The van der Waals surface area contributed by atoms with E-state index in [1.165, 1.54) is 11.3 Å². The topological polar surface area (TPSA) is 71.5 Å². The lowest BCUT2D eigenvalue weighted by Crippen LogP contribution is -2.41. The molecule has 1 fully saturated rings. The average molecular weight is 388 g/mol. The van der Waals surface area contributed by atoms with Crippen LogP contribution in [0.2, 0.25) is 0 Å². The highest BCUT2D eigenvalue weighted by Gasteiger charge is 2.21. The number of ether oxygens (including phenoxy) is 1. The maximum absolute atomic E-state index is 12.3. The molecule has 1 saturated heterocycles. The first-order chi connectivity index (χ1) is 12.8. The van der Waals surface area contributed by atoms with Crippen molar-refractivity contribution in [3.63, 3.8) is 0 Å². The third kappa shape index (κ3) is 5.14. The third-order valence-corrected chi connectivity index (χ3v) is 5.19. The molecule has 1 N–H and O–H groups in total. The van der Waals surface area contributed by atoms with Crippen LogP contribution in [-0.2, 0) is 20.7 Å². The molecule has 27 heavy (non-hydrogen) atoms. The second-order valence-electron chi connectivity index (χ2n) is 7.58. The Morgan fingerprint density at radius 3 is 2.48 bits per heavy atom. The summed E-state index contributed by atoms with van der Waals surface area (Å²) >= 11 is 1.50. The van der Waals surface area contributed by atoms with Crippen LogP contribution >= 0.6 is 11.3 Å². The summed E-state index contributed by atoms with van der Waals surface area (Å²) in [6, 6.07) is 7.61. The van der Waals surface area contributed by atoms with Crippen molar-refractivity contribution in [2.24, 2.45) is 5.41 Å². The summed E-state index contributed by atoms with van der Waals surface area (Å²) in [7, 11) is 0. The molecule has 3 rings (SSSR count). The molecule has 0 saturated carbocycles. The van der Waals surface area contributed by atoms with E-state index in [-0.39, 0.29) is 11.8 Å². The SMILES string of the molecule is CC(C)(C)C(=O)Nc1ccc(-c2csc(CC(=O)N3CCOCC3)n2)cc1. The van der Waals surface area contributed by atoms with Crippen LogP contribution in [0.15, 0.2) is 29.6 Å². The number of anilines is 1. The number of thiazole rings is 1. The van der Waals surface area contributed by atoms with Crippen LogP contribution in [0.5, 0.6) is 0 Å². The van der Waals surface area contributed by atoms with Gasteiger partial charge < -0.3 is 15.0 Å². The van der Waals surface area contributed by atoms with E-state index in [4.69, 9.17) is 4.74 Å². The number of aromatic nitrogens is 1. The molecule has 2 heterocycles. The lowest BCUT2D eigenvalue weighted by Gasteiger charge is -2.26. The average Bonchev–Trinajstić information content (AvgIpc) is 3.10. The van der Waals surface area contributed by atoms with Crippen LogP contribution in [0, 0.1) is 5.41 Å². The summed E-state index contributed by atoms with van der Waals surface area (Å²) < 4.78 is 5.28. The van der Waals surface area contributed by atoms with Crippen LogP contribution in [0.4, 0.5) is 5.69 Å². The minimum absolute atomic E-state index is 0.0205. The predicted octanol–water partition coefficient (Wildman–Crippen LogP) is 3.20. The molecule has 0 spiro atoms. The van der Waals surface area contributed by atoms with Gasteiger partial charge in [-0.2, -0.15) is 0 Å². The Bertz CT molecular complexity index is 803. The summed E-state index contributed by atoms with van der Waals surface area (Å²) in [5, 5.41) is 5.69. The Kier molecular flexibility index (Phi) is 5.92. The first-order valence-electron chi connectivity index (χ1n) is 9.05. The van der Waals surface area contributed by atoms with Gasteiger partial charge >= 0.3 is 0 Å². The maximum Gasteiger partial charge on any atom is 0.229 e. The van der Waals surface area contributed by atoms with Crippen molar-refractivity contribution >= 4 is 28.8 Å². The lowest BCUT2D eigenvalue weighted by atomic mass is 9.95. The van der Waals surface area contributed by atoms with Gasteiger partial charge in [-0.25, -0.2) is 4.98 Å². The fourth-order valence-corrected chi connectivity index (χ4v) is 3.42. The molecule has 2 aromatic rings. The molecular formula is C20H25N3O3S. The number of morpholine rings is 1. The summed E-state index contributed by atoms with van der Waals surface area (Å²) in [4.78, 5) is 30.8. The quantitative estimate of drug-likeness (QED) is 0.875. The number of hydrogen-bond donors (Lipinski definition) is 1. The molecule has 0 aliphatic carbocycles. The minimum Gasteiger partial charge on any atom is -0.378 e. The third-order valence-electron chi connectivity index (χ3n) is 4.34. The van der Waals surface area contributed by atoms with Crippen LogP contribution < -0.4 is 5.32 Å². The predicted molar refractivity (Wildman–Crippen MR) is 107 cm³/mol. The Labute approximate surface area is 163 Å². The Hall–Kier alpha value is -2.25. The fourth-order valence-electron chi connectivity index (χ4n) is 2.62. The zero-order valence-corrected chi connectivity index (χ0v) is 16.8. The van der Waals surface area contributed by atoms with Gasteiger partial charge in [0, 0.05) is 35.1 Å². The van der Waals surface area contributed by atoms with E-state index < -0.39 is 5.41 Å². The number of benzene rings is 1. The van der Waals surface area contributed by atoms with Crippen molar-refractivity contribution in [2.45, 2.75) is 27.2 Å². The van der Waals surface area contributed by atoms with Gasteiger partial charge in [0.05, 0.1) is 25.3 Å². The van der Waals surface area contributed by atoms with Gasteiger partial charge in [0.25, 0.3) is 0 Å². The Balaban J connectivity index is 1.62. The number of carbonyl (C=O) groups is 2. The van der Waals surface area contributed by atoms with Crippen LogP contribution in [0.3, 0.4) is 0 Å². The van der Waals surface area contributed by atoms with Crippen molar-refractivity contribution in [3.05, 3.63) is 34.7 Å². The van der Waals surface area contributed by atoms with Crippen LogP contribution in [-0.4, -0.2) is 48.0 Å². The van der Waals surface area contributed by atoms with Gasteiger partial charge in [0.2, 0.25) is 11.8 Å². The van der Waals surface area contributed by atoms with E-state index in [0.29, 0.717) is 32.7 Å². The maximum atomic E-state index is 12.3. The summed E-state index contributed by atoms with van der Waals surface area (Å²) in [5.74, 6) is 0.0762. The van der Waals surface area contributed by atoms with Gasteiger partial charge in [-0.1, -0.05) is 32.9 Å². The highest BCUT2D eigenvalue weighted by atomic mass is 32.1. The number of hydrogen-bond acceptors (Lipinski definition) is 5. The molecule has 1 aliphatic rings. The number of carbonyl (C=O) groups excluding carboxylic acids is 2. The van der Waals surface area contributed by atoms with Crippen molar-refractivity contribution in [3.8, 4) is 11.3 Å². The number of rotatable bonds is 4. The standard InChI is InChI=1S/C20H25N3O3S/c1-20(2,3)19(25)21-15-6-4-14(5-7-15)16-13-27-17(22-16)12-18(24)23-8-10-26-11-9-23/h4-7,13H,8-12H2,1-3H3,(H,21,25). The molecule has 1 aromatic carbocycles. The second kappa shape index (κ2) is 8.19. The summed E-state index contributed by atoms with van der Waals surface area (Å²) in [6.45, 7) is 8.15. The molecule has 2 amide bonds. The summed E-state index contributed by atoms with van der Waals surface area (Å²) in [6.07, 6.45) is 0.324. The largest absolute Gasteiger partial charge is 0.378 e. The van der Waals surface area contributed by atoms with Crippen molar-refractivity contribution in [1.82, 2.24) is 9.88 Å². The Morgan fingerprint density at radius 1 is 1.19 bits per heavy atom. The minimum atomic E-state index is -0.435. The van der Waals surface area contributed by atoms with Crippen LogP contribution in [0.25, 0.3) is 11.3 Å². The van der Waals surface area contributed by atoms with Gasteiger partial charge in [-0.15, -0.1) is 11.3 Å². The molecule has 1 aliphatic heterocycles. The molecule has 6 nitrogen and oxygen atoms in total. The summed E-state index contributed by atoms with van der Waals surface area (Å²) in [5.41, 5.74) is 2.13. The fraction of sp³-hybridized carbons (Fsp3) is 0.450. The molecule has 144 valence electrons. The highest BCUT2D eigenvalue weighted by Crippen LogP contribution is 2.25. The zero-order valence-electron chi connectivity index (χ0n) is 15.9. The van der Waals surface area contributed by atoms with E-state index in [2.05, 4.69) is 10.3 Å². The molecule has 0 unspecified atom stereocenters. The molecule has 0 bridgehead atoms. The normalized spacial score (nSPS) is 14.9. The van der Waals surface area contributed by atoms with E-state index >= 15 is 0 Å². The molecule has 0 atom stereocenters. The highest BCUT2D eigenvalue weighted by molar-refractivity contribution is 7.10. The number of nitrogens with zero attached hydrogens (tertiary/aromatic N) is 2. The first-order valence-corrected chi connectivity index (χ1v) is 9.93. The molecule has 0 radical (unpaired) electrons. The molecule has 1 aromatic heterocycles. The van der Waals surface area contributed by atoms with Gasteiger partial charge in [0.1, 0.15) is 5.01 Å². The first kappa shape index (κ1) is 19.5.